The lowest BCUT2D eigenvalue weighted by molar-refractivity contribution is -0.158. The van der Waals surface area contributed by atoms with E-state index in [-0.39, 0.29) is 12.4 Å². The first kappa shape index (κ1) is 19.3. The third-order valence-electron chi connectivity index (χ3n) is 2.95. The Balaban J connectivity index is 2.77. The van der Waals surface area contributed by atoms with Crippen molar-refractivity contribution in [1.82, 2.24) is 5.32 Å². The van der Waals surface area contributed by atoms with Crippen LogP contribution in [0.25, 0.3) is 0 Å². The Morgan fingerprint density at radius 3 is 2.17 bits per heavy atom. The van der Waals surface area contributed by atoms with Gasteiger partial charge < -0.3 is 19.5 Å². The van der Waals surface area contributed by atoms with Crippen molar-refractivity contribution < 1.29 is 28.6 Å². The molecule has 0 aromatic carbocycles. The van der Waals surface area contributed by atoms with Crippen molar-refractivity contribution in [2.24, 2.45) is 5.92 Å². The van der Waals surface area contributed by atoms with Crippen molar-refractivity contribution >= 4 is 18.0 Å². The predicted molar refractivity (Wildman–Crippen MR) is 82.7 cm³/mol. The molecule has 1 rings (SSSR count). The van der Waals surface area contributed by atoms with Crippen LogP contribution in [0.4, 0.5) is 4.79 Å². The van der Waals surface area contributed by atoms with Crippen molar-refractivity contribution in [3.05, 3.63) is 0 Å². The van der Waals surface area contributed by atoms with Crippen molar-refractivity contribution in [1.29, 1.82) is 0 Å². The van der Waals surface area contributed by atoms with Crippen molar-refractivity contribution in [3.8, 4) is 0 Å². The zero-order valence-electron chi connectivity index (χ0n) is 14.7. The summed E-state index contributed by atoms with van der Waals surface area (Å²) in [5, 5.41) is 2.50. The highest BCUT2D eigenvalue weighted by atomic mass is 16.6. The normalized spacial score (nSPS) is 19.7. The van der Waals surface area contributed by atoms with Gasteiger partial charge in [0.15, 0.2) is 0 Å². The molecule has 1 heterocycles. The van der Waals surface area contributed by atoms with E-state index in [1.807, 2.05) is 0 Å². The van der Waals surface area contributed by atoms with Crippen molar-refractivity contribution in [2.45, 2.75) is 71.6 Å². The fraction of sp³-hybridized carbons (Fsp3) is 0.812. The Bertz CT molecular complexity index is 460. The smallest absolute Gasteiger partial charge is 0.408 e. The van der Waals surface area contributed by atoms with E-state index in [1.54, 1.807) is 41.5 Å². The summed E-state index contributed by atoms with van der Waals surface area (Å²) in [7, 11) is 0. The van der Waals surface area contributed by atoms with Gasteiger partial charge in [0, 0.05) is 0 Å². The van der Waals surface area contributed by atoms with E-state index in [0.717, 1.165) is 0 Å². The zero-order chi connectivity index (χ0) is 17.8. The topological polar surface area (TPSA) is 90.9 Å². The van der Waals surface area contributed by atoms with E-state index in [9.17, 15) is 14.4 Å². The number of amides is 1. The summed E-state index contributed by atoms with van der Waals surface area (Å²) in [6, 6.07) is -0.959. The summed E-state index contributed by atoms with van der Waals surface area (Å²) in [6.45, 7) is 10.7. The van der Waals surface area contributed by atoms with Gasteiger partial charge in [0.25, 0.3) is 0 Å². The lowest BCUT2D eigenvalue weighted by Crippen LogP contribution is -2.47. The highest BCUT2D eigenvalue weighted by Crippen LogP contribution is 2.22. The Labute approximate surface area is 137 Å². The maximum Gasteiger partial charge on any atom is 0.408 e. The number of carbonyl (C=O) groups is 3. The van der Waals surface area contributed by atoms with Crippen LogP contribution in [0.3, 0.4) is 0 Å². The van der Waals surface area contributed by atoms with E-state index in [0.29, 0.717) is 13.0 Å². The summed E-state index contributed by atoms with van der Waals surface area (Å²) >= 11 is 0. The van der Waals surface area contributed by atoms with E-state index in [1.165, 1.54) is 0 Å². The number of alkyl carbamates (subject to hydrolysis) is 1. The van der Waals surface area contributed by atoms with Gasteiger partial charge in [-0.3, -0.25) is 4.79 Å². The minimum atomic E-state index is -0.959. The first-order valence-corrected chi connectivity index (χ1v) is 7.76. The minimum Gasteiger partial charge on any atom is -0.465 e. The van der Waals surface area contributed by atoms with Crippen LogP contribution < -0.4 is 5.32 Å². The summed E-state index contributed by atoms with van der Waals surface area (Å²) in [5.41, 5.74) is -1.38. The van der Waals surface area contributed by atoms with Gasteiger partial charge in [0.2, 0.25) is 0 Å². The second-order valence-electron chi connectivity index (χ2n) is 7.62. The number of rotatable bonds is 4. The van der Waals surface area contributed by atoms with Gasteiger partial charge in [-0.2, -0.15) is 0 Å². The Morgan fingerprint density at radius 1 is 1.17 bits per heavy atom. The highest BCUT2D eigenvalue weighted by Gasteiger charge is 2.35. The molecule has 0 aromatic heterocycles. The van der Waals surface area contributed by atoms with Crippen LogP contribution in [0.15, 0.2) is 0 Å². The monoisotopic (exact) mass is 329 g/mol. The van der Waals surface area contributed by atoms with E-state index >= 15 is 0 Å². The molecule has 1 amide bonds. The second-order valence-corrected chi connectivity index (χ2v) is 7.62. The van der Waals surface area contributed by atoms with Gasteiger partial charge >= 0.3 is 18.0 Å². The number of esters is 2. The van der Waals surface area contributed by atoms with E-state index in [4.69, 9.17) is 14.2 Å². The number of hydrogen-bond donors (Lipinski definition) is 1. The lowest BCUT2D eigenvalue weighted by atomic mass is 9.98. The molecule has 0 aliphatic carbocycles. The fourth-order valence-electron chi connectivity index (χ4n) is 2.07. The van der Waals surface area contributed by atoms with E-state index < -0.39 is 35.2 Å². The molecule has 23 heavy (non-hydrogen) atoms. The van der Waals surface area contributed by atoms with Gasteiger partial charge in [-0.1, -0.05) is 0 Å². The molecule has 1 N–H and O–H groups in total. The van der Waals surface area contributed by atoms with Crippen LogP contribution in [0.5, 0.6) is 0 Å². The van der Waals surface area contributed by atoms with Gasteiger partial charge in [0.05, 0.1) is 12.5 Å². The molecule has 1 fully saturated rings. The molecule has 2 atom stereocenters. The zero-order valence-corrected chi connectivity index (χ0v) is 14.7. The largest absolute Gasteiger partial charge is 0.465 e. The molecular formula is C16H27NO6. The lowest BCUT2D eigenvalue weighted by Gasteiger charge is -2.26. The Kier molecular flexibility index (Phi) is 6.02. The number of nitrogens with one attached hydrogen (secondary N) is 1. The van der Waals surface area contributed by atoms with Crippen LogP contribution in [-0.2, 0) is 23.8 Å². The standard InChI is InChI=1S/C16H27NO6/c1-15(2,3)22-13(19)11(9-10-7-8-21-12(10)18)17-14(20)23-16(4,5)6/h10-11H,7-9H2,1-6H3,(H,17,20)/t10?,11-/m0/s1. The molecular weight excluding hydrogens is 302 g/mol. The third-order valence-corrected chi connectivity index (χ3v) is 2.95. The van der Waals surface area contributed by atoms with Gasteiger partial charge in [-0.25, -0.2) is 9.59 Å². The van der Waals surface area contributed by atoms with Crippen molar-refractivity contribution in [3.63, 3.8) is 0 Å². The molecule has 1 unspecified atom stereocenters. The summed E-state index contributed by atoms with van der Waals surface area (Å²) in [5.74, 6) is -1.38. The Hall–Kier alpha value is -1.79. The highest BCUT2D eigenvalue weighted by molar-refractivity contribution is 5.83. The summed E-state index contributed by atoms with van der Waals surface area (Å²) in [6.07, 6.45) is -0.0686. The second kappa shape index (κ2) is 7.19. The summed E-state index contributed by atoms with van der Waals surface area (Å²) < 4.78 is 15.4. The first-order valence-electron chi connectivity index (χ1n) is 7.76. The molecule has 1 saturated heterocycles. The van der Waals surface area contributed by atoms with Crippen LogP contribution >= 0.6 is 0 Å². The molecule has 0 bridgehead atoms. The SMILES string of the molecule is CC(C)(C)OC(=O)N[C@@H](CC1CCOC1=O)C(=O)OC(C)(C)C. The minimum absolute atomic E-state index is 0.132. The van der Waals surface area contributed by atoms with Crippen LogP contribution in [-0.4, -0.2) is 41.9 Å². The summed E-state index contributed by atoms with van der Waals surface area (Å²) in [4.78, 5) is 35.9. The van der Waals surface area contributed by atoms with E-state index in [2.05, 4.69) is 5.32 Å². The van der Waals surface area contributed by atoms with Crippen molar-refractivity contribution in [2.75, 3.05) is 6.61 Å². The van der Waals surface area contributed by atoms with Crippen LogP contribution in [0, 0.1) is 5.92 Å². The average Bonchev–Trinajstić information content (AvgIpc) is 2.69. The van der Waals surface area contributed by atoms with Gasteiger partial charge in [-0.15, -0.1) is 0 Å². The third kappa shape index (κ3) is 7.34. The average molecular weight is 329 g/mol. The fourth-order valence-corrected chi connectivity index (χ4v) is 2.07. The quantitative estimate of drug-likeness (QED) is 0.628. The van der Waals surface area contributed by atoms with Crippen LogP contribution in [0.2, 0.25) is 0 Å². The number of hydrogen-bond acceptors (Lipinski definition) is 6. The number of carbonyl (C=O) groups excluding carboxylic acids is 3. The van der Waals surface area contributed by atoms with Gasteiger partial charge in [0.1, 0.15) is 17.2 Å². The first-order chi connectivity index (χ1) is 10.4. The predicted octanol–water partition coefficient (Wildman–Crippen LogP) is 2.17. The number of ether oxygens (including phenoxy) is 3. The maximum absolute atomic E-state index is 12.3. The maximum atomic E-state index is 12.3. The molecule has 0 spiro atoms. The molecule has 7 nitrogen and oxygen atoms in total. The Morgan fingerprint density at radius 2 is 1.74 bits per heavy atom. The molecule has 132 valence electrons. The molecule has 1 aliphatic rings. The molecule has 0 aromatic rings. The number of cyclic esters (lactones) is 1. The molecule has 1 aliphatic heterocycles. The van der Waals surface area contributed by atoms with Crippen LogP contribution in [0.1, 0.15) is 54.4 Å². The molecule has 0 saturated carbocycles. The van der Waals surface area contributed by atoms with Gasteiger partial charge in [-0.05, 0) is 54.4 Å². The molecule has 0 radical (unpaired) electrons. The molecule has 7 heteroatoms.